The summed E-state index contributed by atoms with van der Waals surface area (Å²) < 4.78 is 39.4. The molecule has 0 unspecified atom stereocenters. The quantitative estimate of drug-likeness (QED) is 0.852. The van der Waals surface area contributed by atoms with Crippen molar-refractivity contribution in [2.75, 3.05) is 6.54 Å². The van der Waals surface area contributed by atoms with Crippen LogP contribution in [0.1, 0.15) is 24.5 Å². The van der Waals surface area contributed by atoms with Gasteiger partial charge in [-0.1, -0.05) is 13.0 Å². The second-order valence-corrected chi connectivity index (χ2v) is 4.52. The van der Waals surface area contributed by atoms with Gasteiger partial charge in [-0.15, -0.1) is 0 Å². The molecule has 0 aliphatic heterocycles. The van der Waals surface area contributed by atoms with E-state index in [9.17, 15) is 13.2 Å². The van der Waals surface area contributed by atoms with Gasteiger partial charge in [-0.25, -0.2) is 4.68 Å². The van der Waals surface area contributed by atoms with Gasteiger partial charge in [0.25, 0.3) is 0 Å². The summed E-state index contributed by atoms with van der Waals surface area (Å²) in [5, 5.41) is 7.32. The highest BCUT2D eigenvalue weighted by Gasteiger charge is 2.30. The third-order valence-corrected chi connectivity index (χ3v) is 2.83. The third-order valence-electron chi connectivity index (χ3n) is 2.83. The minimum absolute atomic E-state index is 0.404. The van der Waals surface area contributed by atoms with Gasteiger partial charge < -0.3 is 5.32 Å². The first-order chi connectivity index (χ1) is 9.50. The summed E-state index contributed by atoms with van der Waals surface area (Å²) in [6, 6.07) is 5.13. The lowest BCUT2D eigenvalue weighted by atomic mass is 10.2. The molecule has 3 nitrogen and oxygen atoms in total. The first kappa shape index (κ1) is 14.6. The Morgan fingerprint density at radius 2 is 2.10 bits per heavy atom. The molecule has 0 saturated carbocycles. The normalized spacial score (nSPS) is 11.8. The molecule has 0 aliphatic rings. The second-order valence-electron chi connectivity index (χ2n) is 4.52. The fourth-order valence-corrected chi connectivity index (χ4v) is 1.83. The van der Waals surface area contributed by atoms with Crippen LogP contribution < -0.4 is 5.32 Å². The topological polar surface area (TPSA) is 29.9 Å². The zero-order valence-electron chi connectivity index (χ0n) is 11.1. The van der Waals surface area contributed by atoms with E-state index in [0.29, 0.717) is 12.2 Å². The van der Waals surface area contributed by atoms with Gasteiger partial charge in [-0.2, -0.15) is 18.3 Å². The number of hydrogen-bond donors (Lipinski definition) is 1. The molecule has 0 fully saturated rings. The molecule has 1 aromatic heterocycles. The molecule has 0 amide bonds. The van der Waals surface area contributed by atoms with Crippen LogP contribution in [0.4, 0.5) is 13.2 Å². The van der Waals surface area contributed by atoms with Crippen LogP contribution in [-0.2, 0) is 12.7 Å². The van der Waals surface area contributed by atoms with E-state index in [1.54, 1.807) is 18.5 Å². The molecule has 1 N–H and O–H groups in total. The van der Waals surface area contributed by atoms with Crippen molar-refractivity contribution in [1.29, 1.82) is 0 Å². The molecule has 0 spiro atoms. The number of rotatable bonds is 5. The summed E-state index contributed by atoms with van der Waals surface area (Å²) in [6.07, 6.45) is 0.0809. The molecule has 20 heavy (non-hydrogen) atoms. The van der Waals surface area contributed by atoms with Crippen LogP contribution in [-0.4, -0.2) is 16.3 Å². The van der Waals surface area contributed by atoms with Crippen molar-refractivity contribution in [3.05, 3.63) is 47.8 Å². The van der Waals surface area contributed by atoms with Gasteiger partial charge in [0.1, 0.15) is 0 Å². The number of hydrogen-bond acceptors (Lipinski definition) is 2. The van der Waals surface area contributed by atoms with Crippen molar-refractivity contribution in [3.8, 4) is 5.69 Å². The van der Waals surface area contributed by atoms with Crippen LogP contribution in [0.3, 0.4) is 0 Å². The van der Waals surface area contributed by atoms with E-state index in [2.05, 4.69) is 17.3 Å². The van der Waals surface area contributed by atoms with Gasteiger partial charge in [-0.05, 0) is 31.2 Å². The fraction of sp³-hybridized carbons (Fsp3) is 0.357. The molecule has 2 aromatic rings. The maximum Gasteiger partial charge on any atom is 0.416 e. The summed E-state index contributed by atoms with van der Waals surface area (Å²) in [7, 11) is 0. The molecular formula is C14H16F3N3. The zero-order valence-corrected chi connectivity index (χ0v) is 11.1. The molecule has 1 heterocycles. The predicted octanol–water partition coefficient (Wildman–Crippen LogP) is 3.39. The highest BCUT2D eigenvalue weighted by atomic mass is 19.4. The van der Waals surface area contributed by atoms with Gasteiger partial charge in [0.15, 0.2) is 0 Å². The van der Waals surface area contributed by atoms with Gasteiger partial charge >= 0.3 is 6.18 Å². The van der Waals surface area contributed by atoms with Crippen LogP contribution >= 0.6 is 0 Å². The Morgan fingerprint density at radius 1 is 1.30 bits per heavy atom. The molecule has 6 heteroatoms. The van der Waals surface area contributed by atoms with E-state index in [0.717, 1.165) is 30.7 Å². The predicted molar refractivity (Wildman–Crippen MR) is 70.6 cm³/mol. The lowest BCUT2D eigenvalue weighted by Gasteiger charge is -2.08. The summed E-state index contributed by atoms with van der Waals surface area (Å²) in [5.74, 6) is 0. The molecule has 108 valence electrons. The van der Waals surface area contributed by atoms with Crippen LogP contribution in [0.5, 0.6) is 0 Å². The number of nitrogens with zero attached hydrogens (tertiary/aromatic N) is 2. The average Bonchev–Trinajstić information content (AvgIpc) is 2.87. The summed E-state index contributed by atoms with van der Waals surface area (Å²) in [6.45, 7) is 3.63. The number of benzene rings is 1. The van der Waals surface area contributed by atoms with E-state index in [1.807, 2.05) is 0 Å². The van der Waals surface area contributed by atoms with Crippen molar-refractivity contribution in [1.82, 2.24) is 15.1 Å². The maximum atomic E-state index is 12.7. The Kier molecular flexibility index (Phi) is 4.44. The second kappa shape index (κ2) is 6.09. The van der Waals surface area contributed by atoms with Gasteiger partial charge in [-0.3, -0.25) is 0 Å². The molecule has 1 aromatic carbocycles. The minimum Gasteiger partial charge on any atom is -0.313 e. The third kappa shape index (κ3) is 3.60. The summed E-state index contributed by atoms with van der Waals surface area (Å²) in [5.41, 5.74) is 0.675. The Labute approximate surface area is 115 Å². The molecule has 0 aliphatic carbocycles. The lowest BCUT2D eigenvalue weighted by Crippen LogP contribution is -2.13. The van der Waals surface area contributed by atoms with Gasteiger partial charge in [0.2, 0.25) is 0 Å². The summed E-state index contributed by atoms with van der Waals surface area (Å²) in [4.78, 5) is 0. The van der Waals surface area contributed by atoms with Crippen LogP contribution in [0.2, 0.25) is 0 Å². The molecule has 0 radical (unpaired) electrons. The highest BCUT2D eigenvalue weighted by molar-refractivity contribution is 5.36. The number of aromatic nitrogens is 2. The SMILES string of the molecule is CCCNCc1cnn(-c2cccc(C(F)(F)F)c2)c1. The highest BCUT2D eigenvalue weighted by Crippen LogP contribution is 2.30. The largest absolute Gasteiger partial charge is 0.416 e. The molecule has 0 saturated heterocycles. The minimum atomic E-state index is -4.34. The molecule has 0 atom stereocenters. The van der Waals surface area contributed by atoms with Crippen molar-refractivity contribution in [3.63, 3.8) is 0 Å². The smallest absolute Gasteiger partial charge is 0.313 e. The van der Waals surface area contributed by atoms with Gasteiger partial charge in [0, 0.05) is 18.3 Å². The Hall–Kier alpha value is -1.82. The van der Waals surface area contributed by atoms with E-state index in [1.165, 1.54) is 10.7 Å². The zero-order chi connectivity index (χ0) is 14.6. The van der Waals surface area contributed by atoms with E-state index >= 15 is 0 Å². The molecule has 2 rings (SSSR count). The summed E-state index contributed by atoms with van der Waals surface area (Å²) >= 11 is 0. The van der Waals surface area contributed by atoms with Crippen LogP contribution in [0, 0.1) is 0 Å². The lowest BCUT2D eigenvalue weighted by molar-refractivity contribution is -0.137. The van der Waals surface area contributed by atoms with E-state index < -0.39 is 11.7 Å². The molecule has 0 bridgehead atoms. The molecular weight excluding hydrogens is 267 g/mol. The van der Waals surface area contributed by atoms with Crippen molar-refractivity contribution < 1.29 is 13.2 Å². The number of halogens is 3. The van der Waals surface area contributed by atoms with Gasteiger partial charge in [0.05, 0.1) is 17.4 Å². The van der Waals surface area contributed by atoms with E-state index in [4.69, 9.17) is 0 Å². The van der Waals surface area contributed by atoms with Crippen molar-refractivity contribution in [2.24, 2.45) is 0 Å². The maximum absolute atomic E-state index is 12.7. The fourth-order valence-electron chi connectivity index (χ4n) is 1.83. The Morgan fingerprint density at radius 3 is 2.80 bits per heavy atom. The van der Waals surface area contributed by atoms with E-state index in [-0.39, 0.29) is 0 Å². The van der Waals surface area contributed by atoms with Crippen molar-refractivity contribution in [2.45, 2.75) is 26.1 Å². The number of nitrogens with one attached hydrogen (secondary N) is 1. The first-order valence-electron chi connectivity index (χ1n) is 6.42. The number of alkyl halides is 3. The Balaban J connectivity index is 2.16. The first-order valence-corrected chi connectivity index (χ1v) is 6.42. The Bertz CT molecular complexity index is 561. The standard InChI is InChI=1S/C14H16F3N3/c1-2-6-18-8-11-9-19-20(10-11)13-5-3-4-12(7-13)14(15,16)17/h3-5,7,9-10,18H,2,6,8H2,1H3. The van der Waals surface area contributed by atoms with Crippen LogP contribution in [0.15, 0.2) is 36.7 Å². The monoisotopic (exact) mass is 283 g/mol. The van der Waals surface area contributed by atoms with Crippen molar-refractivity contribution >= 4 is 0 Å². The average molecular weight is 283 g/mol. The van der Waals surface area contributed by atoms with Crippen LogP contribution in [0.25, 0.3) is 5.69 Å².